The first kappa shape index (κ1) is 6.52. The van der Waals surface area contributed by atoms with E-state index in [-0.39, 0.29) is 0 Å². The van der Waals surface area contributed by atoms with E-state index in [4.69, 9.17) is 5.84 Å². The predicted molar refractivity (Wildman–Crippen MR) is 38.6 cm³/mol. The average Bonchev–Trinajstić information content (AvgIpc) is 2.37. The Kier molecular flexibility index (Phi) is 2.03. The molecule has 0 atom stereocenters. The number of hydrogen-bond donors (Lipinski definition) is 1. The van der Waals surface area contributed by atoms with Gasteiger partial charge in [0.15, 0.2) is 0 Å². The van der Waals surface area contributed by atoms with Crippen molar-refractivity contribution in [2.45, 2.75) is 13.0 Å². The quantitative estimate of drug-likeness (QED) is 0.433. The summed E-state index contributed by atoms with van der Waals surface area (Å²) in [4.78, 5) is 0. The summed E-state index contributed by atoms with van der Waals surface area (Å²) in [5.74, 6) is 5.61. The summed E-state index contributed by atoms with van der Waals surface area (Å²) >= 11 is 0. The minimum absolute atomic E-state index is 0.329. The third-order valence-electron chi connectivity index (χ3n) is 1.48. The van der Waals surface area contributed by atoms with E-state index in [9.17, 15) is 0 Å². The van der Waals surface area contributed by atoms with Crippen molar-refractivity contribution < 1.29 is 0 Å². The molecule has 0 radical (unpaired) electrons. The van der Waals surface area contributed by atoms with Gasteiger partial charge in [0, 0.05) is 6.54 Å². The highest BCUT2D eigenvalue weighted by atomic mass is 15.4. The van der Waals surface area contributed by atoms with Crippen molar-refractivity contribution in [1.82, 2.24) is 5.01 Å². The van der Waals surface area contributed by atoms with Crippen LogP contribution in [-0.2, 0) is 0 Å². The van der Waals surface area contributed by atoms with Crippen LogP contribution in [0, 0.1) is 0 Å². The number of rotatable bonds is 2. The Balaban J connectivity index is 2.43. The molecular weight excluding hydrogens is 112 g/mol. The van der Waals surface area contributed by atoms with Gasteiger partial charge in [-0.05, 0) is 0 Å². The molecular formula is C7H12N2. The Morgan fingerprint density at radius 3 is 2.44 bits per heavy atom. The maximum Gasteiger partial charge on any atom is 0.0607 e. The lowest BCUT2D eigenvalue weighted by atomic mass is 10.3. The fourth-order valence-electron chi connectivity index (χ4n) is 0.852. The molecule has 2 heteroatoms. The Morgan fingerprint density at radius 1 is 1.44 bits per heavy atom. The van der Waals surface area contributed by atoms with Gasteiger partial charge in [-0.3, -0.25) is 5.84 Å². The van der Waals surface area contributed by atoms with Crippen LogP contribution in [0.3, 0.4) is 0 Å². The van der Waals surface area contributed by atoms with E-state index in [1.807, 2.05) is 19.1 Å². The number of nitrogens with zero attached hydrogens (tertiary/aromatic N) is 1. The van der Waals surface area contributed by atoms with Crippen LogP contribution >= 0.6 is 0 Å². The van der Waals surface area contributed by atoms with Gasteiger partial charge in [0.25, 0.3) is 0 Å². The van der Waals surface area contributed by atoms with Crippen LogP contribution < -0.4 is 5.84 Å². The molecule has 1 aliphatic carbocycles. The van der Waals surface area contributed by atoms with Gasteiger partial charge in [-0.2, -0.15) is 0 Å². The number of hydrazine groups is 1. The fourth-order valence-corrected chi connectivity index (χ4v) is 0.852. The highest BCUT2D eigenvalue weighted by Crippen LogP contribution is 2.03. The van der Waals surface area contributed by atoms with E-state index >= 15 is 0 Å². The predicted octanol–water partition coefficient (Wildman–Crippen LogP) is 0.677. The zero-order chi connectivity index (χ0) is 6.69. The topological polar surface area (TPSA) is 29.3 Å². The van der Waals surface area contributed by atoms with E-state index in [0.29, 0.717) is 6.04 Å². The lowest BCUT2D eigenvalue weighted by molar-refractivity contribution is 0.285. The smallest absolute Gasteiger partial charge is 0.0607 e. The molecule has 1 aliphatic rings. The van der Waals surface area contributed by atoms with Gasteiger partial charge in [0.05, 0.1) is 6.04 Å². The monoisotopic (exact) mass is 124 g/mol. The minimum atomic E-state index is 0.329. The van der Waals surface area contributed by atoms with Crippen molar-refractivity contribution in [2.75, 3.05) is 6.54 Å². The van der Waals surface area contributed by atoms with Crippen molar-refractivity contribution in [2.24, 2.45) is 5.84 Å². The van der Waals surface area contributed by atoms with Crippen molar-refractivity contribution in [3.63, 3.8) is 0 Å². The van der Waals surface area contributed by atoms with Gasteiger partial charge in [-0.15, -0.1) is 0 Å². The van der Waals surface area contributed by atoms with Crippen LogP contribution in [-0.4, -0.2) is 17.6 Å². The second-order valence-electron chi connectivity index (χ2n) is 2.09. The van der Waals surface area contributed by atoms with Gasteiger partial charge < -0.3 is 0 Å². The molecule has 0 aromatic rings. The summed E-state index contributed by atoms with van der Waals surface area (Å²) in [5, 5.41) is 1.79. The molecule has 1 rings (SSSR count). The number of likely N-dealkylation sites (N-methyl/N-ethyl adjacent to an activating group) is 1. The molecule has 0 fully saturated rings. The van der Waals surface area contributed by atoms with Crippen LogP contribution in [0.25, 0.3) is 0 Å². The van der Waals surface area contributed by atoms with E-state index in [0.717, 1.165) is 6.54 Å². The van der Waals surface area contributed by atoms with Crippen LogP contribution in [0.15, 0.2) is 24.3 Å². The first-order valence-electron chi connectivity index (χ1n) is 3.21. The molecule has 0 bridgehead atoms. The van der Waals surface area contributed by atoms with Crippen molar-refractivity contribution >= 4 is 0 Å². The molecule has 0 aromatic heterocycles. The largest absolute Gasteiger partial charge is 0.268 e. The van der Waals surface area contributed by atoms with Crippen molar-refractivity contribution in [1.29, 1.82) is 0 Å². The van der Waals surface area contributed by atoms with E-state index in [2.05, 4.69) is 12.2 Å². The zero-order valence-corrected chi connectivity index (χ0v) is 5.62. The summed E-state index contributed by atoms with van der Waals surface area (Å²) in [6, 6.07) is 0.329. The molecule has 2 nitrogen and oxygen atoms in total. The first-order chi connectivity index (χ1) is 4.34. The normalized spacial score (nSPS) is 18.1. The Hall–Kier alpha value is -0.600. The SMILES string of the molecule is CCN(N)C1C=CC=C1. The van der Waals surface area contributed by atoms with Gasteiger partial charge in [0.1, 0.15) is 0 Å². The number of hydrogen-bond acceptors (Lipinski definition) is 2. The van der Waals surface area contributed by atoms with Gasteiger partial charge in [0.2, 0.25) is 0 Å². The van der Waals surface area contributed by atoms with Gasteiger partial charge >= 0.3 is 0 Å². The highest BCUT2D eigenvalue weighted by molar-refractivity contribution is 5.21. The second-order valence-corrected chi connectivity index (χ2v) is 2.09. The fraction of sp³-hybridized carbons (Fsp3) is 0.429. The van der Waals surface area contributed by atoms with Crippen LogP contribution in [0.5, 0.6) is 0 Å². The van der Waals surface area contributed by atoms with Crippen molar-refractivity contribution in [3.05, 3.63) is 24.3 Å². The van der Waals surface area contributed by atoms with Crippen molar-refractivity contribution in [3.8, 4) is 0 Å². The molecule has 0 unspecified atom stereocenters. The maximum absolute atomic E-state index is 5.61. The standard InChI is InChI=1S/C7H12N2/c1-2-9(8)7-5-3-4-6-7/h3-7H,2,8H2,1H3. The third-order valence-corrected chi connectivity index (χ3v) is 1.48. The minimum Gasteiger partial charge on any atom is -0.268 e. The zero-order valence-electron chi connectivity index (χ0n) is 5.62. The summed E-state index contributed by atoms with van der Waals surface area (Å²) in [7, 11) is 0. The third kappa shape index (κ3) is 1.40. The summed E-state index contributed by atoms with van der Waals surface area (Å²) < 4.78 is 0. The second kappa shape index (κ2) is 2.80. The van der Waals surface area contributed by atoms with Crippen LogP contribution in [0.4, 0.5) is 0 Å². The van der Waals surface area contributed by atoms with Crippen LogP contribution in [0.2, 0.25) is 0 Å². The summed E-state index contributed by atoms with van der Waals surface area (Å²) in [6.07, 6.45) is 8.17. The Morgan fingerprint density at radius 2 is 2.00 bits per heavy atom. The van der Waals surface area contributed by atoms with E-state index in [1.54, 1.807) is 5.01 Å². The molecule has 0 aromatic carbocycles. The molecule has 0 saturated heterocycles. The maximum atomic E-state index is 5.61. The average molecular weight is 124 g/mol. The van der Waals surface area contributed by atoms with Gasteiger partial charge in [-0.1, -0.05) is 31.2 Å². The molecule has 0 spiro atoms. The first-order valence-corrected chi connectivity index (χ1v) is 3.21. The Labute approximate surface area is 55.6 Å². The Bertz CT molecular complexity index is 126. The molecule has 0 amide bonds. The van der Waals surface area contributed by atoms with E-state index < -0.39 is 0 Å². The lowest BCUT2D eigenvalue weighted by Gasteiger charge is -2.17. The lowest BCUT2D eigenvalue weighted by Crippen LogP contribution is -2.37. The molecule has 0 heterocycles. The summed E-state index contributed by atoms with van der Waals surface area (Å²) in [6.45, 7) is 2.93. The molecule has 0 aliphatic heterocycles. The molecule has 9 heavy (non-hydrogen) atoms. The van der Waals surface area contributed by atoms with Crippen LogP contribution in [0.1, 0.15) is 6.92 Å². The summed E-state index contributed by atoms with van der Waals surface area (Å²) in [5.41, 5.74) is 0. The van der Waals surface area contributed by atoms with Gasteiger partial charge in [-0.25, -0.2) is 5.01 Å². The van der Waals surface area contributed by atoms with E-state index in [1.165, 1.54) is 0 Å². The molecule has 50 valence electrons. The number of allylic oxidation sites excluding steroid dienone is 2. The highest BCUT2D eigenvalue weighted by Gasteiger charge is 2.07. The molecule has 0 saturated carbocycles. The molecule has 2 N–H and O–H groups in total. The number of nitrogens with two attached hydrogens (primary N) is 1.